The van der Waals surface area contributed by atoms with Gasteiger partial charge in [0.15, 0.2) is 27.9 Å². The maximum Gasteiger partial charge on any atom is 0.344 e. The summed E-state index contributed by atoms with van der Waals surface area (Å²) in [5.74, 6) is 0.358. The van der Waals surface area contributed by atoms with Gasteiger partial charge in [-0.3, -0.25) is 0 Å². The summed E-state index contributed by atoms with van der Waals surface area (Å²) in [6, 6.07) is 29.8. The van der Waals surface area contributed by atoms with Gasteiger partial charge in [0.05, 0.1) is 15.8 Å². The molecule has 0 spiro atoms. The number of carbonyl (C=O) groups is 2. The van der Waals surface area contributed by atoms with Crippen LogP contribution in [0.5, 0.6) is 11.5 Å². The summed E-state index contributed by atoms with van der Waals surface area (Å²) >= 11 is 0. The van der Waals surface area contributed by atoms with Crippen molar-refractivity contribution in [1.82, 2.24) is 0 Å². The lowest BCUT2D eigenvalue weighted by Crippen LogP contribution is -2.27. The third-order valence-electron chi connectivity index (χ3n) is 6.57. The van der Waals surface area contributed by atoms with Gasteiger partial charge in [-0.05, 0) is 133 Å². The van der Waals surface area contributed by atoms with Gasteiger partial charge in [-0.25, -0.2) is 18.0 Å². The van der Waals surface area contributed by atoms with Crippen molar-refractivity contribution in [2.45, 2.75) is 79.3 Å². The minimum Gasteiger partial charge on any atom is -0.744 e. The molecule has 0 aromatic heterocycles. The quantitative estimate of drug-likeness (QED) is 0.0886. The molecular weight excluding hydrogens is 691 g/mol. The minimum atomic E-state index is -4.27. The number of benzene rings is 4. The van der Waals surface area contributed by atoms with Crippen molar-refractivity contribution in [3.05, 3.63) is 103 Å². The molecule has 0 radical (unpaired) electrons. The molecule has 0 heterocycles. The van der Waals surface area contributed by atoms with Gasteiger partial charge in [0.1, 0.15) is 32.8 Å². The van der Waals surface area contributed by atoms with Gasteiger partial charge in [-0.2, -0.15) is 0 Å². The first-order valence-corrected chi connectivity index (χ1v) is 18.8. The first kappa shape index (κ1) is 40.9. The SMILES string of the molecule is CN(C)c1ccc([S+](c2ccc(OCC(=O)OC(C)(C)C)cc2)c2ccc(OCC(=O)OC(C)(C)C)cc2)cc1.Cc1ccc(S(=O)(=O)[O-])cc1. The van der Waals surface area contributed by atoms with E-state index < -0.39 is 44.2 Å². The van der Waals surface area contributed by atoms with E-state index in [1.165, 1.54) is 12.1 Å². The number of nitrogens with zero attached hydrogens (tertiary/aromatic N) is 1. The number of hydrogen-bond donors (Lipinski definition) is 0. The van der Waals surface area contributed by atoms with Crippen molar-refractivity contribution >= 4 is 38.6 Å². The molecular formula is C39H47NO9S2. The Morgan fingerprint density at radius 2 is 0.980 bits per heavy atom. The van der Waals surface area contributed by atoms with Crippen LogP contribution >= 0.6 is 0 Å². The second-order valence-electron chi connectivity index (χ2n) is 13.7. The van der Waals surface area contributed by atoms with Crippen LogP contribution in [-0.4, -0.2) is 63.4 Å². The first-order chi connectivity index (χ1) is 23.7. The van der Waals surface area contributed by atoms with Crippen LogP contribution < -0.4 is 14.4 Å². The summed E-state index contributed by atoms with van der Waals surface area (Å²) in [5.41, 5.74) is 0.926. The van der Waals surface area contributed by atoms with Gasteiger partial charge in [0, 0.05) is 19.8 Å². The summed E-state index contributed by atoms with van der Waals surface area (Å²) in [6.07, 6.45) is 0. The fraction of sp³-hybridized carbons (Fsp3) is 0.333. The molecule has 0 saturated carbocycles. The molecule has 274 valence electrons. The third kappa shape index (κ3) is 14.3. The van der Waals surface area contributed by atoms with Crippen molar-refractivity contribution in [3.63, 3.8) is 0 Å². The van der Waals surface area contributed by atoms with Gasteiger partial charge < -0.3 is 28.4 Å². The average Bonchev–Trinajstić information content (AvgIpc) is 3.03. The van der Waals surface area contributed by atoms with E-state index in [1.807, 2.05) is 111 Å². The molecule has 0 aliphatic heterocycles. The lowest BCUT2D eigenvalue weighted by Gasteiger charge is -2.19. The van der Waals surface area contributed by atoms with E-state index in [0.717, 1.165) is 25.9 Å². The van der Waals surface area contributed by atoms with Crippen molar-refractivity contribution in [2.75, 3.05) is 32.2 Å². The summed E-state index contributed by atoms with van der Waals surface area (Å²) in [5, 5.41) is 0. The van der Waals surface area contributed by atoms with E-state index in [0.29, 0.717) is 11.5 Å². The Morgan fingerprint density at radius 3 is 1.29 bits per heavy atom. The molecule has 4 aromatic rings. The number of esters is 2. The lowest BCUT2D eigenvalue weighted by atomic mass is 10.2. The summed E-state index contributed by atoms with van der Waals surface area (Å²) in [7, 11) is -0.658. The fourth-order valence-corrected chi connectivity index (χ4v) is 6.87. The summed E-state index contributed by atoms with van der Waals surface area (Å²) in [4.78, 5) is 29.3. The molecule has 0 bridgehead atoms. The van der Waals surface area contributed by atoms with Crippen molar-refractivity contribution in [3.8, 4) is 11.5 Å². The largest absolute Gasteiger partial charge is 0.744 e. The highest BCUT2D eigenvalue weighted by Gasteiger charge is 2.29. The van der Waals surface area contributed by atoms with E-state index in [1.54, 1.807) is 12.1 Å². The fourth-order valence-electron chi connectivity index (χ4n) is 4.36. The Balaban J connectivity index is 0.000000542. The van der Waals surface area contributed by atoms with Crippen molar-refractivity contribution < 1.29 is 41.5 Å². The monoisotopic (exact) mass is 737 g/mol. The smallest absolute Gasteiger partial charge is 0.344 e. The molecule has 10 nitrogen and oxygen atoms in total. The normalized spacial score (nSPS) is 11.6. The highest BCUT2D eigenvalue weighted by atomic mass is 32.2. The van der Waals surface area contributed by atoms with Gasteiger partial charge in [-0.15, -0.1) is 0 Å². The molecule has 51 heavy (non-hydrogen) atoms. The molecule has 0 unspecified atom stereocenters. The maximum atomic E-state index is 12.0. The molecule has 0 N–H and O–H groups in total. The molecule has 4 aromatic carbocycles. The van der Waals surface area contributed by atoms with Gasteiger partial charge in [0.25, 0.3) is 0 Å². The first-order valence-electron chi connectivity index (χ1n) is 16.1. The predicted octanol–water partition coefficient (Wildman–Crippen LogP) is 7.19. The Kier molecular flexibility index (Phi) is 14.1. The predicted molar refractivity (Wildman–Crippen MR) is 198 cm³/mol. The number of carbonyl (C=O) groups excluding carboxylic acids is 2. The van der Waals surface area contributed by atoms with Crippen LogP contribution in [0.15, 0.2) is 117 Å². The molecule has 0 aliphatic rings. The van der Waals surface area contributed by atoms with Crippen LogP contribution in [0.4, 0.5) is 5.69 Å². The maximum absolute atomic E-state index is 12.0. The van der Waals surface area contributed by atoms with Crippen molar-refractivity contribution in [1.29, 1.82) is 0 Å². The van der Waals surface area contributed by atoms with Gasteiger partial charge >= 0.3 is 11.9 Å². The molecule has 12 heteroatoms. The van der Waals surface area contributed by atoms with E-state index in [4.69, 9.17) is 18.9 Å². The topological polar surface area (TPSA) is 132 Å². The van der Waals surface area contributed by atoms with E-state index in [9.17, 15) is 22.6 Å². The zero-order chi connectivity index (χ0) is 38.0. The molecule has 0 atom stereocenters. The standard InChI is InChI=1S/C32H40NO6S.C7H8O3S/c1-31(2,3)38-29(34)21-36-24-11-17-27(18-12-24)40(26-15-9-23(10-16-26)33(7)8)28-19-13-25(14-20-28)37-22-30(35)39-32(4,5)6;1-6-2-4-7(5-3-6)11(8,9)10/h9-20H,21-22H2,1-8H3;2-5H,1H3,(H,8,9,10)/q+1;/p-1. The zero-order valence-electron chi connectivity index (χ0n) is 30.6. The van der Waals surface area contributed by atoms with Crippen LogP contribution in [0.25, 0.3) is 0 Å². The lowest BCUT2D eigenvalue weighted by molar-refractivity contribution is -0.158. The molecule has 0 amide bonds. The number of hydrogen-bond acceptors (Lipinski definition) is 10. The molecule has 0 fully saturated rings. The molecule has 4 rings (SSSR count). The Morgan fingerprint density at radius 1 is 0.627 bits per heavy atom. The van der Waals surface area contributed by atoms with Crippen LogP contribution in [0.2, 0.25) is 0 Å². The highest BCUT2D eigenvalue weighted by Crippen LogP contribution is 2.34. The van der Waals surface area contributed by atoms with E-state index in [-0.39, 0.29) is 18.1 Å². The summed E-state index contributed by atoms with van der Waals surface area (Å²) in [6.45, 7) is 12.5. The minimum absolute atomic E-state index is 0.154. The van der Waals surface area contributed by atoms with Crippen molar-refractivity contribution in [2.24, 2.45) is 0 Å². The Bertz CT molecular complexity index is 1750. The van der Waals surface area contributed by atoms with Gasteiger partial charge in [0.2, 0.25) is 0 Å². The second kappa shape index (κ2) is 17.6. The Hall–Kier alpha value is -4.52. The summed E-state index contributed by atoms with van der Waals surface area (Å²) < 4.78 is 53.1. The van der Waals surface area contributed by atoms with Crippen LogP contribution in [-0.2, 0) is 40.1 Å². The van der Waals surface area contributed by atoms with E-state index >= 15 is 0 Å². The number of aryl methyl sites for hydroxylation is 1. The number of rotatable bonds is 11. The number of ether oxygens (including phenoxy) is 4. The molecule has 0 aliphatic carbocycles. The second-order valence-corrected chi connectivity index (χ2v) is 17.1. The van der Waals surface area contributed by atoms with E-state index in [2.05, 4.69) is 29.2 Å². The number of anilines is 1. The van der Waals surface area contributed by atoms with Crippen LogP contribution in [0, 0.1) is 6.92 Å². The average molecular weight is 738 g/mol. The van der Waals surface area contributed by atoms with Gasteiger partial charge in [-0.1, -0.05) is 17.7 Å². The highest BCUT2D eigenvalue weighted by molar-refractivity contribution is 7.97. The Labute approximate surface area is 304 Å². The third-order valence-corrected chi connectivity index (χ3v) is 9.65. The van der Waals surface area contributed by atoms with Crippen LogP contribution in [0.3, 0.4) is 0 Å². The zero-order valence-corrected chi connectivity index (χ0v) is 32.2. The van der Waals surface area contributed by atoms with Crippen LogP contribution in [0.1, 0.15) is 47.1 Å². The molecule has 0 saturated heterocycles.